The number of carbonyl (C=O) groups is 12. The van der Waals surface area contributed by atoms with E-state index >= 15 is 0 Å². The number of nitrogens with zero attached hydrogens (tertiary/aromatic N) is 5. The molecule has 2 heterocycles. The monoisotopic (exact) mass is 1250 g/mol. The lowest BCUT2D eigenvalue weighted by Crippen LogP contribution is -2.61. The lowest BCUT2D eigenvalue weighted by molar-refractivity contribution is -0.308. The van der Waals surface area contributed by atoms with Gasteiger partial charge in [-0.05, 0) is 25.3 Å². The van der Waals surface area contributed by atoms with E-state index in [0.29, 0.717) is 5.56 Å². The predicted octanol–water partition coefficient (Wildman–Crippen LogP) is -11.6. The van der Waals surface area contributed by atoms with Crippen LogP contribution < -0.4 is 58.3 Å². The molecule has 1 saturated heterocycles. The van der Waals surface area contributed by atoms with Crippen molar-refractivity contribution in [2.75, 3.05) is 125 Å². The van der Waals surface area contributed by atoms with Gasteiger partial charge in [-0.1, -0.05) is 30.3 Å². The second-order valence-corrected chi connectivity index (χ2v) is 20.3. The SMILES string of the molecule is C[C@H](NC(=O)[C@H](CC(=O)O)NC(=O)COCCOCCN)C(=O)N[C@@H](Cc1cnc[nH]1)C(=O)N[C@@H](CO)C(=O)N[C@@H](Cc1ccccc1)C(=O)N[C@H](CO)C(=O)NCCCC(C(=O)O)N1CCN(CC(=O)[O-])CCN(CC(=O)[O-])CCN(CC(=O)[O-])CC1. The number of aromatic amines is 1. The number of hydrogen-bond donors (Lipinski definition) is 13. The summed E-state index contributed by atoms with van der Waals surface area (Å²) in [5.41, 5.74) is 6.12. The van der Waals surface area contributed by atoms with Crippen molar-refractivity contribution in [3.63, 3.8) is 0 Å². The van der Waals surface area contributed by atoms with Gasteiger partial charge in [-0.25, -0.2) is 4.98 Å². The van der Waals surface area contributed by atoms with Crippen molar-refractivity contribution in [1.82, 2.24) is 66.8 Å². The predicted molar refractivity (Wildman–Crippen MR) is 296 cm³/mol. The van der Waals surface area contributed by atoms with Crippen LogP contribution in [0.1, 0.15) is 37.4 Å². The highest BCUT2D eigenvalue weighted by atomic mass is 16.5. The van der Waals surface area contributed by atoms with E-state index < -0.39 is 159 Å². The minimum Gasteiger partial charge on any atom is -0.549 e. The molecule has 0 spiro atoms. The van der Waals surface area contributed by atoms with Crippen LogP contribution >= 0.6 is 0 Å². The van der Waals surface area contributed by atoms with Gasteiger partial charge in [0, 0.05) is 110 Å². The summed E-state index contributed by atoms with van der Waals surface area (Å²) in [6.07, 6.45) is 0.987. The Bertz CT molecular complexity index is 2560. The highest BCUT2D eigenvalue weighted by Gasteiger charge is 2.34. The Morgan fingerprint density at radius 1 is 0.614 bits per heavy atom. The summed E-state index contributed by atoms with van der Waals surface area (Å²) < 4.78 is 10.3. The molecule has 1 aromatic heterocycles. The zero-order valence-electron chi connectivity index (χ0n) is 48.6. The average Bonchev–Trinajstić information content (AvgIpc) is 4.17. The molecule has 7 amide bonds. The number of benzene rings is 1. The Kier molecular flexibility index (Phi) is 33.8. The van der Waals surface area contributed by atoms with Crippen molar-refractivity contribution in [1.29, 1.82) is 0 Å². The van der Waals surface area contributed by atoms with Gasteiger partial charge >= 0.3 is 11.9 Å². The molecule has 88 heavy (non-hydrogen) atoms. The number of hydrogen-bond acceptors (Lipinski definition) is 25. The van der Waals surface area contributed by atoms with Crippen molar-refractivity contribution in [2.45, 2.75) is 81.3 Å². The maximum Gasteiger partial charge on any atom is 0.320 e. The molecular weight excluding hydrogens is 1170 g/mol. The van der Waals surface area contributed by atoms with Gasteiger partial charge in [-0.2, -0.15) is 0 Å². The fourth-order valence-electron chi connectivity index (χ4n) is 8.83. The number of H-pyrrole nitrogens is 1. The smallest absolute Gasteiger partial charge is 0.320 e. The number of carboxylic acids is 5. The van der Waals surface area contributed by atoms with Crippen LogP contribution in [0.2, 0.25) is 0 Å². The highest BCUT2D eigenvalue weighted by molar-refractivity contribution is 5.97. The molecule has 0 saturated carbocycles. The molecule has 490 valence electrons. The van der Waals surface area contributed by atoms with Gasteiger partial charge < -0.3 is 108 Å². The van der Waals surface area contributed by atoms with E-state index in [4.69, 9.17) is 15.2 Å². The number of carbonyl (C=O) groups excluding carboxylic acids is 10. The molecule has 1 aliphatic rings. The second-order valence-electron chi connectivity index (χ2n) is 20.3. The summed E-state index contributed by atoms with van der Waals surface area (Å²) in [4.78, 5) is 166. The minimum atomic E-state index is -1.82. The molecule has 1 unspecified atom stereocenters. The molecule has 0 aliphatic carbocycles. The number of aromatic nitrogens is 2. The number of carboxylic acid groups (broad SMARTS) is 5. The van der Waals surface area contributed by atoms with Crippen molar-refractivity contribution in [3.05, 3.63) is 54.1 Å². The number of rotatable bonds is 39. The molecule has 35 heteroatoms. The summed E-state index contributed by atoms with van der Waals surface area (Å²) in [5.74, 6) is -14.2. The molecule has 14 N–H and O–H groups in total. The Labute approximate surface area is 505 Å². The largest absolute Gasteiger partial charge is 0.549 e. The zero-order chi connectivity index (χ0) is 65.1. The molecule has 0 bridgehead atoms. The fourth-order valence-corrected chi connectivity index (χ4v) is 8.83. The minimum absolute atomic E-state index is 0.0151. The van der Waals surface area contributed by atoms with Gasteiger partial charge in [0.15, 0.2) is 0 Å². The lowest BCUT2D eigenvalue weighted by Gasteiger charge is -2.36. The highest BCUT2D eigenvalue weighted by Crippen LogP contribution is 2.12. The molecule has 1 aliphatic heterocycles. The van der Waals surface area contributed by atoms with Gasteiger partial charge in [0.05, 0.1) is 63.7 Å². The van der Waals surface area contributed by atoms with Crippen LogP contribution in [-0.4, -0.2) is 288 Å². The van der Waals surface area contributed by atoms with Crippen molar-refractivity contribution in [3.8, 4) is 0 Å². The first-order chi connectivity index (χ1) is 41.9. The Morgan fingerprint density at radius 3 is 1.60 bits per heavy atom. The average molecular weight is 1250 g/mol. The van der Waals surface area contributed by atoms with E-state index in [1.165, 1.54) is 39.0 Å². The van der Waals surface area contributed by atoms with Crippen molar-refractivity contribution in [2.24, 2.45) is 5.73 Å². The van der Waals surface area contributed by atoms with Crippen LogP contribution in [0.15, 0.2) is 42.9 Å². The third-order valence-corrected chi connectivity index (χ3v) is 13.4. The number of nitrogens with one attached hydrogen (secondary N) is 8. The van der Waals surface area contributed by atoms with E-state index in [1.54, 1.807) is 30.3 Å². The number of nitrogens with two attached hydrogens (primary N) is 1. The summed E-state index contributed by atoms with van der Waals surface area (Å²) in [6.45, 7) is -2.73. The lowest BCUT2D eigenvalue weighted by atomic mass is 10.0. The Balaban J connectivity index is 1.72. The third kappa shape index (κ3) is 28.9. The standard InChI is InChI=1S/C53H82N14O21/c1-33(58-49(81)38(24-43(71)72)59-42(70)31-88-21-20-87-19-9-54)47(79)60-37(23-35-25-55-32-57-35)51(83)63-40(30-69)52(84)61-36(22-34-6-3-2-4-7-34)50(82)62-39(29-68)48(80)56-10-5-8-41(53(85)86)67-17-15-65(27-45(75)76)13-11-64(26-44(73)74)12-14-66(16-18-67)28-46(77)78/h2-4,6-7,25,32-33,36-41,68-69H,5,8-24,26-31,54H2,1H3,(H,55,57)(H,56,80)(H,58,81)(H,59,70)(H,60,79)(H,61,84)(H,62,82)(H,63,83)(H,71,72)(H,73,74)(H,75,76)(H,77,78)(H,85,86)/p-3/t33-,36-,37-,38-,39+,40-,41?/m0/s1. The number of aliphatic hydroxyl groups excluding tert-OH is 2. The molecule has 2 aromatic rings. The maximum atomic E-state index is 14.0. The van der Waals surface area contributed by atoms with Crippen LogP contribution in [0.3, 0.4) is 0 Å². The van der Waals surface area contributed by atoms with Crippen LogP contribution in [0.25, 0.3) is 0 Å². The maximum absolute atomic E-state index is 14.0. The zero-order valence-corrected chi connectivity index (χ0v) is 48.6. The molecule has 35 nitrogen and oxygen atoms in total. The number of amides is 7. The van der Waals surface area contributed by atoms with Gasteiger partial charge in [-0.15, -0.1) is 0 Å². The molecule has 1 aromatic carbocycles. The van der Waals surface area contributed by atoms with Crippen molar-refractivity contribution < 1.29 is 103 Å². The van der Waals surface area contributed by atoms with E-state index in [1.807, 2.05) is 0 Å². The first kappa shape index (κ1) is 74.0. The van der Waals surface area contributed by atoms with E-state index in [0.717, 1.165) is 0 Å². The van der Waals surface area contributed by atoms with E-state index in [9.17, 15) is 93.3 Å². The van der Waals surface area contributed by atoms with E-state index in [2.05, 4.69) is 47.2 Å². The topological polar surface area (TPSA) is 525 Å². The van der Waals surface area contributed by atoms with Crippen molar-refractivity contribution >= 4 is 71.2 Å². The number of aliphatic hydroxyl groups is 2. The van der Waals surface area contributed by atoms with Gasteiger partial charge in [0.25, 0.3) is 0 Å². The quantitative estimate of drug-likeness (QED) is 0.0276. The van der Waals surface area contributed by atoms with Gasteiger partial charge in [0.2, 0.25) is 41.4 Å². The summed E-state index contributed by atoms with van der Waals surface area (Å²) in [6, 6.07) is -2.89. The summed E-state index contributed by atoms with van der Waals surface area (Å²) in [7, 11) is 0. The molecular formula is C53H79N14O21-3. The number of aliphatic carboxylic acids is 5. The fraction of sp³-hybridized carbons (Fsp3) is 0.604. The second kappa shape index (κ2) is 40.2. The molecule has 3 rings (SSSR count). The van der Waals surface area contributed by atoms with Crippen LogP contribution in [0.4, 0.5) is 0 Å². The van der Waals surface area contributed by atoms with Crippen LogP contribution in [0.5, 0.6) is 0 Å². The van der Waals surface area contributed by atoms with Gasteiger partial charge in [0.1, 0.15) is 48.9 Å². The van der Waals surface area contributed by atoms with Crippen LogP contribution in [0, 0.1) is 0 Å². The Hall–Kier alpha value is -8.29. The first-order valence-corrected chi connectivity index (χ1v) is 28.1. The van der Waals surface area contributed by atoms with E-state index in [-0.39, 0.29) is 117 Å². The molecule has 7 atom stereocenters. The van der Waals surface area contributed by atoms with Crippen LogP contribution in [-0.2, 0) is 79.8 Å². The molecule has 0 radical (unpaired) electrons. The Morgan fingerprint density at radius 2 is 1.10 bits per heavy atom. The number of ether oxygens (including phenoxy) is 2. The first-order valence-electron chi connectivity index (χ1n) is 28.1. The summed E-state index contributed by atoms with van der Waals surface area (Å²) >= 11 is 0. The van der Waals surface area contributed by atoms with Gasteiger partial charge in [-0.3, -0.25) is 62.8 Å². The normalized spacial score (nSPS) is 16.2. The third-order valence-electron chi connectivity index (χ3n) is 13.4. The number of imidazole rings is 1. The molecule has 1 fully saturated rings. The summed E-state index contributed by atoms with van der Waals surface area (Å²) in [5, 5.41) is 91.9.